The predicted octanol–water partition coefficient (Wildman–Crippen LogP) is 7.02. The molecule has 150 valence electrons. The highest BCUT2D eigenvalue weighted by molar-refractivity contribution is 7.09. The Morgan fingerprint density at radius 3 is 2.33 bits per heavy atom. The zero-order chi connectivity index (χ0) is 21.1. The van der Waals surface area contributed by atoms with Crippen molar-refractivity contribution in [1.82, 2.24) is 4.98 Å². The van der Waals surface area contributed by atoms with Crippen molar-refractivity contribution in [3.63, 3.8) is 0 Å². The number of hydrogen-bond acceptors (Lipinski definition) is 4. The van der Waals surface area contributed by atoms with Crippen LogP contribution in [-0.2, 0) is 0 Å². The van der Waals surface area contributed by atoms with Crippen LogP contribution in [0.1, 0.15) is 10.6 Å². The number of halogens is 1. The Bertz CT molecular complexity index is 1180. The molecule has 0 saturated heterocycles. The van der Waals surface area contributed by atoms with E-state index in [2.05, 4.69) is 22.3 Å². The van der Waals surface area contributed by atoms with E-state index in [1.807, 2.05) is 49.4 Å². The maximum Gasteiger partial charge on any atom is 0.123 e. The lowest BCUT2D eigenvalue weighted by Crippen LogP contribution is -2.00. The number of nitrogens with zero attached hydrogens (tertiary/aromatic N) is 1. The van der Waals surface area contributed by atoms with Crippen molar-refractivity contribution in [2.24, 2.45) is 0 Å². The molecular weight excluding hydrogens is 395 g/mol. The molecule has 1 N–H and O–H groups in total. The molecule has 4 aromatic rings. The van der Waals surface area contributed by atoms with Gasteiger partial charge in [0.05, 0.1) is 17.8 Å². The summed E-state index contributed by atoms with van der Waals surface area (Å²) in [5.74, 6) is 0.462. The molecular formula is C25H21FN2OS. The number of nitrogens with one attached hydrogen (secondary N) is 1. The van der Waals surface area contributed by atoms with Crippen molar-refractivity contribution in [3.8, 4) is 28.1 Å². The number of ether oxygens (including phenoxy) is 1. The summed E-state index contributed by atoms with van der Waals surface area (Å²) in [7, 11) is 1.63. The van der Waals surface area contributed by atoms with Gasteiger partial charge in [0.25, 0.3) is 0 Å². The van der Waals surface area contributed by atoms with Crippen LogP contribution >= 0.6 is 11.3 Å². The first kappa shape index (κ1) is 19.9. The maximum absolute atomic E-state index is 13.4. The van der Waals surface area contributed by atoms with Gasteiger partial charge in [0.2, 0.25) is 0 Å². The van der Waals surface area contributed by atoms with E-state index in [0.717, 1.165) is 50.1 Å². The minimum atomic E-state index is -0.268. The minimum absolute atomic E-state index is 0.268. The van der Waals surface area contributed by atoms with Gasteiger partial charge in [0.15, 0.2) is 0 Å². The zero-order valence-electron chi connectivity index (χ0n) is 16.8. The summed E-state index contributed by atoms with van der Waals surface area (Å²) in [4.78, 5) is 4.53. The smallest absolute Gasteiger partial charge is 0.123 e. The number of rotatable bonds is 6. The van der Waals surface area contributed by atoms with Gasteiger partial charge in [-0.3, -0.25) is 0 Å². The van der Waals surface area contributed by atoms with Gasteiger partial charge in [0.1, 0.15) is 11.6 Å². The fourth-order valence-electron chi connectivity index (χ4n) is 3.24. The van der Waals surface area contributed by atoms with Crippen LogP contribution in [0.5, 0.6) is 5.75 Å². The third kappa shape index (κ3) is 4.26. The fraction of sp³-hybridized carbons (Fsp3) is 0.0800. The Morgan fingerprint density at radius 1 is 1.00 bits per heavy atom. The van der Waals surface area contributed by atoms with E-state index in [-0.39, 0.29) is 5.82 Å². The lowest BCUT2D eigenvalue weighted by molar-refractivity contribution is 0.415. The van der Waals surface area contributed by atoms with Gasteiger partial charge in [-0.25, -0.2) is 9.37 Å². The lowest BCUT2D eigenvalue weighted by Gasteiger charge is -2.16. The number of benzene rings is 3. The Hall–Kier alpha value is -3.44. The highest BCUT2D eigenvalue weighted by atomic mass is 32.1. The SMILES string of the molecule is C=C(Nc1ccc(-c2csc(C)n2)cc1)c1ccc(OC)cc1-c1ccc(F)cc1. The quantitative estimate of drug-likeness (QED) is 0.367. The topological polar surface area (TPSA) is 34.2 Å². The van der Waals surface area contributed by atoms with Gasteiger partial charge in [0, 0.05) is 27.9 Å². The van der Waals surface area contributed by atoms with E-state index in [4.69, 9.17) is 4.74 Å². The van der Waals surface area contributed by atoms with Crippen LogP contribution in [0.3, 0.4) is 0 Å². The Balaban J connectivity index is 1.61. The summed E-state index contributed by atoms with van der Waals surface area (Å²) in [6.45, 7) is 6.23. The summed E-state index contributed by atoms with van der Waals surface area (Å²) in [5, 5.41) is 6.48. The second kappa shape index (κ2) is 8.51. The van der Waals surface area contributed by atoms with Crippen molar-refractivity contribution in [3.05, 3.63) is 95.1 Å². The predicted molar refractivity (Wildman–Crippen MR) is 123 cm³/mol. The van der Waals surface area contributed by atoms with Crippen LogP contribution in [0.25, 0.3) is 28.1 Å². The average Bonchev–Trinajstić information content (AvgIpc) is 3.20. The minimum Gasteiger partial charge on any atom is -0.497 e. The Morgan fingerprint density at radius 2 is 1.70 bits per heavy atom. The monoisotopic (exact) mass is 416 g/mol. The fourth-order valence-corrected chi connectivity index (χ4v) is 3.87. The molecule has 1 aromatic heterocycles. The third-order valence-electron chi connectivity index (χ3n) is 4.80. The highest BCUT2D eigenvalue weighted by Gasteiger charge is 2.11. The molecule has 0 aliphatic rings. The second-order valence-corrected chi connectivity index (χ2v) is 7.91. The summed E-state index contributed by atoms with van der Waals surface area (Å²) in [6, 6.07) is 20.3. The molecule has 3 nitrogen and oxygen atoms in total. The molecule has 0 atom stereocenters. The first-order valence-electron chi connectivity index (χ1n) is 9.46. The number of methoxy groups -OCH3 is 1. The standard InChI is InChI=1S/C25H21FN2OS/c1-16(27-21-10-6-19(7-11-21)25-15-30-17(2)28-25)23-13-12-22(29-3)14-24(23)18-4-8-20(26)9-5-18/h4-15,27H,1H2,2-3H3. The summed E-state index contributed by atoms with van der Waals surface area (Å²) >= 11 is 1.64. The summed E-state index contributed by atoms with van der Waals surface area (Å²) in [6.07, 6.45) is 0. The van der Waals surface area contributed by atoms with Gasteiger partial charge >= 0.3 is 0 Å². The molecule has 0 saturated carbocycles. The lowest BCUT2D eigenvalue weighted by atomic mass is 9.97. The van der Waals surface area contributed by atoms with Gasteiger partial charge in [-0.1, -0.05) is 30.8 Å². The first-order chi connectivity index (χ1) is 14.5. The van der Waals surface area contributed by atoms with Crippen molar-refractivity contribution >= 4 is 22.7 Å². The number of hydrogen-bond donors (Lipinski definition) is 1. The molecule has 5 heteroatoms. The van der Waals surface area contributed by atoms with E-state index >= 15 is 0 Å². The summed E-state index contributed by atoms with van der Waals surface area (Å²) in [5.41, 5.74) is 6.46. The largest absolute Gasteiger partial charge is 0.497 e. The Kier molecular flexibility index (Phi) is 5.63. The van der Waals surface area contributed by atoms with Crippen LogP contribution in [0.4, 0.5) is 10.1 Å². The van der Waals surface area contributed by atoms with Gasteiger partial charge in [-0.2, -0.15) is 0 Å². The molecule has 0 aliphatic carbocycles. The number of aromatic nitrogens is 1. The van der Waals surface area contributed by atoms with E-state index in [1.54, 1.807) is 30.6 Å². The van der Waals surface area contributed by atoms with Crippen molar-refractivity contribution < 1.29 is 9.13 Å². The molecule has 4 rings (SSSR count). The van der Waals surface area contributed by atoms with Crippen LogP contribution in [0.15, 0.2) is 78.7 Å². The van der Waals surface area contributed by atoms with Crippen LogP contribution in [-0.4, -0.2) is 12.1 Å². The van der Waals surface area contributed by atoms with Crippen molar-refractivity contribution in [2.75, 3.05) is 12.4 Å². The van der Waals surface area contributed by atoms with E-state index in [1.165, 1.54) is 12.1 Å². The summed E-state index contributed by atoms with van der Waals surface area (Å²) < 4.78 is 18.8. The van der Waals surface area contributed by atoms with Crippen molar-refractivity contribution in [2.45, 2.75) is 6.92 Å². The number of anilines is 1. The molecule has 0 bridgehead atoms. The van der Waals surface area contributed by atoms with Gasteiger partial charge < -0.3 is 10.1 Å². The first-order valence-corrected chi connectivity index (χ1v) is 10.3. The Labute approximate surface area is 179 Å². The highest BCUT2D eigenvalue weighted by Crippen LogP contribution is 2.33. The van der Waals surface area contributed by atoms with Crippen LogP contribution < -0.4 is 10.1 Å². The normalized spacial score (nSPS) is 10.6. The molecule has 0 amide bonds. The van der Waals surface area contributed by atoms with Crippen LogP contribution in [0, 0.1) is 12.7 Å². The van der Waals surface area contributed by atoms with E-state index < -0.39 is 0 Å². The molecule has 0 unspecified atom stereocenters. The van der Waals surface area contributed by atoms with E-state index in [9.17, 15) is 4.39 Å². The van der Waals surface area contributed by atoms with Crippen molar-refractivity contribution in [1.29, 1.82) is 0 Å². The molecule has 1 heterocycles. The van der Waals surface area contributed by atoms with Crippen LogP contribution in [0.2, 0.25) is 0 Å². The van der Waals surface area contributed by atoms with E-state index in [0.29, 0.717) is 0 Å². The van der Waals surface area contributed by atoms with Gasteiger partial charge in [-0.05, 0) is 60.5 Å². The maximum atomic E-state index is 13.4. The molecule has 3 aromatic carbocycles. The molecule has 0 aliphatic heterocycles. The molecule has 0 spiro atoms. The number of thiazole rings is 1. The zero-order valence-corrected chi connectivity index (χ0v) is 17.6. The molecule has 30 heavy (non-hydrogen) atoms. The average molecular weight is 417 g/mol. The molecule has 0 fully saturated rings. The number of aryl methyl sites for hydroxylation is 1. The third-order valence-corrected chi connectivity index (χ3v) is 5.58. The van der Waals surface area contributed by atoms with Gasteiger partial charge in [-0.15, -0.1) is 11.3 Å². The second-order valence-electron chi connectivity index (χ2n) is 6.85. The molecule has 0 radical (unpaired) electrons.